The molecule has 5 nitrogen and oxygen atoms in total. The molecule has 0 atom stereocenters. The summed E-state index contributed by atoms with van der Waals surface area (Å²) in [6.07, 6.45) is 6.63. The number of pyridine rings is 1. The molecule has 0 spiro atoms. The standard InChI is InChI=1S/C23H18NO2SSi.C13H24O2.Ir/c1-12-14-8-6-5-7-13(14)11-16-18-17-20(26-19(12)16)23(28(2,3)4)27-21(17)15-9-10-25-22(15)24-18;1-5-10(6-2)12(14)9-13(15)11(7-3)8-4;/h5-10H,1-4H3;9-11,14H,5-8H2,1-4H3;/q-1;;/b;12-9-;. The van der Waals surface area contributed by atoms with Crippen LogP contribution < -0.4 is 9.24 Å². The van der Waals surface area contributed by atoms with E-state index in [0.29, 0.717) is 5.71 Å². The SMILES string of the molecule is CCC(CC)C(=O)/C=C(\O)C(CC)CC.Cc1c2c([c-]c3ccccc13)-c1nc3occc3c3sc([Si](C)(C)C)c(c13)O2.[Ir]. The van der Waals surface area contributed by atoms with Crippen molar-refractivity contribution < 1.29 is 39.2 Å². The largest absolute Gasteiger partial charge is 0.512 e. The first-order valence-electron chi connectivity index (χ1n) is 15.4. The van der Waals surface area contributed by atoms with Gasteiger partial charge >= 0.3 is 0 Å². The summed E-state index contributed by atoms with van der Waals surface area (Å²) in [6, 6.07) is 13.9. The van der Waals surface area contributed by atoms with E-state index in [1.807, 2.05) is 51.2 Å². The Balaban J connectivity index is 0.000000239. The summed E-state index contributed by atoms with van der Waals surface area (Å²) in [7, 11) is -1.61. The van der Waals surface area contributed by atoms with E-state index in [1.54, 1.807) is 6.26 Å². The summed E-state index contributed by atoms with van der Waals surface area (Å²) in [5.41, 5.74) is 3.69. The second-order valence-electron chi connectivity index (χ2n) is 12.4. The summed E-state index contributed by atoms with van der Waals surface area (Å²) in [6.45, 7) is 17.3. The molecule has 0 amide bonds. The molecule has 4 heterocycles. The van der Waals surface area contributed by atoms with Gasteiger partial charge in [0.05, 0.1) is 31.2 Å². The predicted molar refractivity (Wildman–Crippen MR) is 183 cm³/mol. The van der Waals surface area contributed by atoms with Crippen molar-refractivity contribution >= 4 is 61.7 Å². The third-order valence-corrected chi connectivity index (χ3v) is 13.3. The molecule has 1 aliphatic heterocycles. The van der Waals surface area contributed by atoms with Crippen molar-refractivity contribution in [3.8, 4) is 22.8 Å². The minimum absolute atomic E-state index is 0. The summed E-state index contributed by atoms with van der Waals surface area (Å²) in [5, 5.41) is 14.2. The molecule has 44 heavy (non-hydrogen) atoms. The average Bonchev–Trinajstić information content (AvgIpc) is 3.61. The van der Waals surface area contributed by atoms with Gasteiger partial charge in [-0.2, -0.15) is 0 Å². The average molecular weight is 805 g/mol. The van der Waals surface area contributed by atoms with Gasteiger partial charge in [-0.25, -0.2) is 0 Å². The van der Waals surface area contributed by atoms with Gasteiger partial charge in [-0.15, -0.1) is 28.9 Å². The summed E-state index contributed by atoms with van der Waals surface area (Å²) < 4.78 is 15.0. The van der Waals surface area contributed by atoms with E-state index < -0.39 is 8.07 Å². The van der Waals surface area contributed by atoms with E-state index in [4.69, 9.17) is 14.1 Å². The normalized spacial score (nSPS) is 12.7. The summed E-state index contributed by atoms with van der Waals surface area (Å²) in [5.74, 6) is 2.43. The fourth-order valence-electron chi connectivity index (χ4n) is 5.91. The van der Waals surface area contributed by atoms with Crippen LogP contribution in [0.5, 0.6) is 11.5 Å². The molecule has 2 aromatic carbocycles. The number of nitrogens with zero attached hydrogens (tertiary/aromatic N) is 1. The van der Waals surface area contributed by atoms with Crippen molar-refractivity contribution in [2.45, 2.75) is 79.9 Å². The number of hydrogen-bond donors (Lipinski definition) is 1. The van der Waals surface area contributed by atoms with Crippen molar-refractivity contribution in [1.82, 2.24) is 4.98 Å². The maximum absolute atomic E-state index is 11.7. The number of aliphatic hydroxyl groups is 1. The molecule has 0 saturated carbocycles. The Kier molecular flexibility index (Phi) is 10.6. The number of ether oxygens (including phenoxy) is 1. The molecule has 1 aliphatic rings. The van der Waals surface area contributed by atoms with Crippen LogP contribution in [0.2, 0.25) is 19.6 Å². The Morgan fingerprint density at radius 3 is 2.30 bits per heavy atom. The van der Waals surface area contributed by atoms with E-state index in [0.717, 1.165) is 70.2 Å². The Labute approximate surface area is 279 Å². The number of carbonyl (C=O) groups excluding carboxylic acids is 1. The van der Waals surface area contributed by atoms with Crippen LogP contribution in [0.15, 0.2) is 52.8 Å². The van der Waals surface area contributed by atoms with Gasteiger partial charge in [-0.1, -0.05) is 82.0 Å². The van der Waals surface area contributed by atoms with Crippen LogP contribution in [-0.4, -0.2) is 23.9 Å². The zero-order chi connectivity index (χ0) is 31.1. The number of hydrogen-bond acceptors (Lipinski definition) is 6. The molecule has 6 rings (SSSR count). The first-order valence-corrected chi connectivity index (χ1v) is 19.8. The molecule has 0 unspecified atom stereocenters. The van der Waals surface area contributed by atoms with Crippen LogP contribution in [0.25, 0.3) is 43.2 Å². The maximum atomic E-state index is 11.7. The Bertz CT molecular complexity index is 1840. The van der Waals surface area contributed by atoms with Crippen LogP contribution >= 0.6 is 11.3 Å². The van der Waals surface area contributed by atoms with Gasteiger partial charge < -0.3 is 14.3 Å². The number of fused-ring (bicyclic) bond motifs is 5. The molecular weight excluding hydrogens is 763 g/mol. The van der Waals surface area contributed by atoms with Gasteiger partial charge in [0, 0.05) is 58.3 Å². The molecule has 1 radical (unpaired) electrons. The number of carbonyl (C=O) groups is 1. The van der Waals surface area contributed by atoms with Gasteiger partial charge in [-0.3, -0.25) is 9.78 Å². The number of benzene rings is 2. The molecular formula is C36H42IrNO4SSi-. The minimum Gasteiger partial charge on any atom is -0.512 e. The number of ketones is 1. The fraction of sp³-hybridized carbons (Fsp3) is 0.389. The number of rotatable bonds is 8. The summed E-state index contributed by atoms with van der Waals surface area (Å²) in [4.78, 5) is 16.6. The molecule has 0 saturated heterocycles. The van der Waals surface area contributed by atoms with Gasteiger partial charge in [0.15, 0.2) is 5.78 Å². The smallest absolute Gasteiger partial charge is 0.220 e. The van der Waals surface area contributed by atoms with Gasteiger partial charge in [0.1, 0.15) is 5.75 Å². The first kappa shape index (κ1) is 34.1. The molecule has 0 aliphatic carbocycles. The Morgan fingerprint density at radius 2 is 1.66 bits per heavy atom. The van der Waals surface area contributed by atoms with E-state index in [9.17, 15) is 9.90 Å². The second kappa shape index (κ2) is 13.7. The topological polar surface area (TPSA) is 72.6 Å². The number of thiophene rings is 1. The van der Waals surface area contributed by atoms with Gasteiger partial charge in [-0.05, 0) is 38.7 Å². The number of aliphatic hydroxyl groups excluding tert-OH is 1. The van der Waals surface area contributed by atoms with Crippen LogP contribution in [0.4, 0.5) is 0 Å². The zero-order valence-electron chi connectivity index (χ0n) is 26.9. The minimum atomic E-state index is -1.61. The van der Waals surface area contributed by atoms with Crippen LogP contribution in [0.1, 0.15) is 58.9 Å². The van der Waals surface area contributed by atoms with Crippen LogP contribution in [-0.2, 0) is 24.9 Å². The van der Waals surface area contributed by atoms with E-state index in [1.165, 1.54) is 20.7 Å². The number of allylic oxidation sites excluding steroid dienone is 2. The van der Waals surface area contributed by atoms with Crippen molar-refractivity contribution in [2.75, 3.05) is 0 Å². The maximum Gasteiger partial charge on any atom is 0.220 e. The van der Waals surface area contributed by atoms with Crippen molar-refractivity contribution in [3.63, 3.8) is 0 Å². The Morgan fingerprint density at radius 1 is 1.00 bits per heavy atom. The molecule has 3 aromatic heterocycles. The van der Waals surface area contributed by atoms with Crippen LogP contribution in [0, 0.1) is 24.8 Å². The summed E-state index contributed by atoms with van der Waals surface area (Å²) >= 11 is 1.85. The molecule has 0 fully saturated rings. The van der Waals surface area contributed by atoms with E-state index in [2.05, 4.69) is 50.8 Å². The Hall–Kier alpha value is -2.77. The number of furan rings is 1. The first-order chi connectivity index (χ1) is 20.5. The van der Waals surface area contributed by atoms with Crippen molar-refractivity contribution in [3.05, 3.63) is 60.1 Å². The number of aryl methyl sites for hydroxylation is 1. The monoisotopic (exact) mass is 805 g/mol. The molecule has 0 bridgehead atoms. The van der Waals surface area contributed by atoms with Crippen LogP contribution in [0.3, 0.4) is 0 Å². The third-order valence-electron chi connectivity index (χ3n) is 8.57. The van der Waals surface area contributed by atoms with Gasteiger partial charge in [0.25, 0.3) is 0 Å². The molecule has 235 valence electrons. The van der Waals surface area contributed by atoms with Crippen molar-refractivity contribution in [1.29, 1.82) is 0 Å². The van der Waals surface area contributed by atoms with Crippen molar-refractivity contribution in [2.24, 2.45) is 11.8 Å². The van der Waals surface area contributed by atoms with Gasteiger partial charge in [0.2, 0.25) is 5.71 Å². The second-order valence-corrected chi connectivity index (χ2v) is 18.8. The molecule has 1 N–H and O–H groups in total. The fourth-order valence-corrected chi connectivity index (χ4v) is 9.29. The van der Waals surface area contributed by atoms with E-state index in [-0.39, 0.29) is 43.5 Å². The predicted octanol–water partition coefficient (Wildman–Crippen LogP) is 10.5. The zero-order valence-corrected chi connectivity index (χ0v) is 31.1. The molecule has 8 heteroatoms. The quantitative estimate of drug-likeness (QED) is 0.0718. The molecule has 5 aromatic rings. The third kappa shape index (κ3) is 6.19. The number of aromatic nitrogens is 1. The van der Waals surface area contributed by atoms with E-state index >= 15 is 0 Å².